The van der Waals surface area contributed by atoms with E-state index in [0.29, 0.717) is 38.9 Å². The first-order valence-electron chi connectivity index (χ1n) is 14.3. The van der Waals surface area contributed by atoms with Gasteiger partial charge >= 0.3 is 12.4 Å². The van der Waals surface area contributed by atoms with Gasteiger partial charge in [-0.1, -0.05) is 42.0 Å². The van der Waals surface area contributed by atoms with Crippen molar-refractivity contribution in [2.75, 3.05) is 4.90 Å². The molecule has 2 amide bonds. The zero-order valence-electron chi connectivity index (χ0n) is 23.7. The lowest BCUT2D eigenvalue weighted by atomic mass is 9.59. The summed E-state index contributed by atoms with van der Waals surface area (Å²) >= 11 is 3.13. The number of nitrogens with zero attached hydrogens (tertiary/aromatic N) is 1. The third-order valence-electron chi connectivity index (χ3n) is 9.41. The minimum absolute atomic E-state index is 0.0190. The van der Waals surface area contributed by atoms with E-state index in [1.165, 1.54) is 6.07 Å². The van der Waals surface area contributed by atoms with E-state index in [1.54, 1.807) is 36.4 Å². The predicted molar refractivity (Wildman–Crippen MR) is 159 cm³/mol. The Hall–Kier alpha value is -4.52. The lowest BCUT2D eigenvalue weighted by molar-refractivity contribution is -0.143. The molecule has 240 valence electrons. The topological polar surface area (TPSA) is 91.8 Å². The molecule has 3 aromatic carbocycles. The second-order valence-corrected chi connectivity index (χ2v) is 12.7. The number of hydrogen-bond acceptors (Lipinski definition) is 5. The van der Waals surface area contributed by atoms with E-state index in [0.717, 1.165) is 6.08 Å². The number of aromatic hydroxyl groups is 1. The monoisotopic (exact) mass is 715 g/mol. The maximum Gasteiger partial charge on any atom is 0.416 e. The number of carbonyl (C=O) groups excluding carboxylic acids is 4. The van der Waals surface area contributed by atoms with Crippen molar-refractivity contribution in [3.63, 3.8) is 0 Å². The highest BCUT2D eigenvalue weighted by Crippen LogP contribution is 2.57. The van der Waals surface area contributed by atoms with Gasteiger partial charge in [-0.2, -0.15) is 26.3 Å². The summed E-state index contributed by atoms with van der Waals surface area (Å²) in [4.78, 5) is 55.2. The van der Waals surface area contributed by atoms with E-state index in [4.69, 9.17) is 0 Å². The average molecular weight is 716 g/mol. The van der Waals surface area contributed by atoms with Crippen molar-refractivity contribution in [2.45, 2.75) is 31.1 Å². The minimum Gasteiger partial charge on any atom is -0.507 e. The molecule has 6 nitrogen and oxygen atoms in total. The van der Waals surface area contributed by atoms with Gasteiger partial charge in [0, 0.05) is 28.5 Å². The molecule has 0 aromatic heterocycles. The average Bonchev–Trinajstić information content (AvgIpc) is 3.27. The Morgan fingerprint density at radius 1 is 0.809 bits per heavy atom. The quantitative estimate of drug-likeness (QED) is 0.128. The summed E-state index contributed by atoms with van der Waals surface area (Å²) < 4.78 is 82.1. The van der Waals surface area contributed by atoms with Gasteiger partial charge in [-0.3, -0.25) is 19.2 Å². The minimum atomic E-state index is -5.20. The molecule has 3 aromatic rings. The van der Waals surface area contributed by atoms with Crippen LogP contribution in [0.2, 0.25) is 0 Å². The molecule has 1 saturated heterocycles. The van der Waals surface area contributed by atoms with Crippen LogP contribution in [0, 0.1) is 17.8 Å². The van der Waals surface area contributed by atoms with Crippen molar-refractivity contribution in [2.24, 2.45) is 17.8 Å². The molecule has 7 rings (SSSR count). The van der Waals surface area contributed by atoms with E-state index in [2.05, 4.69) is 15.9 Å². The Morgan fingerprint density at radius 3 is 2.09 bits per heavy atom. The largest absolute Gasteiger partial charge is 0.507 e. The highest BCUT2D eigenvalue weighted by molar-refractivity contribution is 9.12. The number of alkyl halides is 6. The number of rotatable bonds is 2. The number of phenolic OH excluding ortho intramolecular Hbond substituents is 1. The van der Waals surface area contributed by atoms with Crippen LogP contribution < -0.4 is 4.90 Å². The molecule has 0 unspecified atom stereocenters. The van der Waals surface area contributed by atoms with Crippen molar-refractivity contribution in [3.05, 3.63) is 105 Å². The number of amides is 2. The van der Waals surface area contributed by atoms with E-state index in [-0.39, 0.29) is 40.3 Å². The number of Topliss-reactive ketones (excluding diaryl/α,β-unsaturated/α-hetero) is 1. The number of benzene rings is 3. The number of ketones is 2. The van der Waals surface area contributed by atoms with Gasteiger partial charge in [-0.15, -0.1) is 0 Å². The Bertz CT molecular complexity index is 2030. The van der Waals surface area contributed by atoms with Crippen molar-refractivity contribution in [1.29, 1.82) is 0 Å². The van der Waals surface area contributed by atoms with E-state index >= 15 is 0 Å². The number of halogens is 7. The fourth-order valence-electron chi connectivity index (χ4n) is 7.44. The predicted octanol–water partition coefficient (Wildman–Crippen LogP) is 7.55. The number of phenols is 1. The summed E-state index contributed by atoms with van der Waals surface area (Å²) in [6, 6.07) is 10.4. The molecule has 1 fully saturated rings. The maximum atomic E-state index is 14.1. The van der Waals surface area contributed by atoms with Crippen LogP contribution >= 0.6 is 15.9 Å². The third-order valence-corrected chi connectivity index (χ3v) is 10.00. The summed E-state index contributed by atoms with van der Waals surface area (Å²) in [6.07, 6.45) is -7.82. The van der Waals surface area contributed by atoms with Crippen molar-refractivity contribution >= 4 is 55.8 Å². The molecule has 13 heteroatoms. The van der Waals surface area contributed by atoms with Crippen LogP contribution in [-0.4, -0.2) is 28.5 Å². The van der Waals surface area contributed by atoms with Crippen LogP contribution in [0.3, 0.4) is 0 Å². The molecule has 4 aliphatic rings. The molecule has 1 heterocycles. The van der Waals surface area contributed by atoms with Gasteiger partial charge in [0.05, 0.1) is 33.1 Å². The molecule has 0 bridgehead atoms. The van der Waals surface area contributed by atoms with Gasteiger partial charge < -0.3 is 5.11 Å². The Kier molecular flexibility index (Phi) is 6.94. The third kappa shape index (κ3) is 4.77. The molecule has 0 radical (unpaired) electrons. The molecule has 1 aliphatic heterocycles. The number of allylic oxidation sites excluding steroid dienone is 6. The first-order valence-corrected chi connectivity index (χ1v) is 15.1. The number of hydrogen-bond donors (Lipinski definition) is 1. The second-order valence-electron chi connectivity index (χ2n) is 11.9. The smallest absolute Gasteiger partial charge is 0.416 e. The van der Waals surface area contributed by atoms with Crippen LogP contribution in [0.5, 0.6) is 5.75 Å². The highest BCUT2D eigenvalue weighted by Gasteiger charge is 2.57. The van der Waals surface area contributed by atoms with Gasteiger partial charge in [-0.25, -0.2) is 4.90 Å². The summed E-state index contributed by atoms with van der Waals surface area (Å²) in [5, 5.41) is 11.6. The molecule has 47 heavy (non-hydrogen) atoms. The Labute approximate surface area is 270 Å². The molecule has 3 aliphatic carbocycles. The lowest BCUT2D eigenvalue weighted by Gasteiger charge is -2.42. The van der Waals surface area contributed by atoms with Gasteiger partial charge in [0.2, 0.25) is 11.8 Å². The van der Waals surface area contributed by atoms with Crippen molar-refractivity contribution < 1.29 is 50.6 Å². The fourth-order valence-corrected chi connectivity index (χ4v) is 7.89. The molecule has 0 saturated carbocycles. The van der Waals surface area contributed by atoms with Crippen LogP contribution in [-0.2, 0) is 31.5 Å². The SMILES string of the molecule is O=C1C=C(Br)C(=O)C2=C1[C@@H](c1ccc(O)c3ccccc13)C1=CC[C@@H]3C(=O)N(c4cc(C(F)(F)F)cc(C(F)(F)F)c4)C(=O)[C@@H]3[C@@H]1C2. The second kappa shape index (κ2) is 10.5. The van der Waals surface area contributed by atoms with E-state index < -0.39 is 76.2 Å². The molecular weight excluding hydrogens is 696 g/mol. The lowest BCUT2D eigenvalue weighted by Crippen LogP contribution is -2.39. The highest BCUT2D eigenvalue weighted by atomic mass is 79.9. The number of fused-ring (bicyclic) bond motifs is 4. The van der Waals surface area contributed by atoms with Crippen molar-refractivity contribution in [3.8, 4) is 5.75 Å². The van der Waals surface area contributed by atoms with E-state index in [1.807, 2.05) is 0 Å². The van der Waals surface area contributed by atoms with Gasteiger partial charge in [0.25, 0.3) is 0 Å². The summed E-state index contributed by atoms with van der Waals surface area (Å²) in [6.45, 7) is 0. The van der Waals surface area contributed by atoms with Crippen LogP contribution in [0.1, 0.15) is 35.4 Å². The van der Waals surface area contributed by atoms with Gasteiger partial charge in [0.15, 0.2) is 11.6 Å². The first kappa shape index (κ1) is 31.1. The Balaban J connectivity index is 1.39. The maximum absolute atomic E-state index is 14.1. The fraction of sp³-hybridized carbons (Fsp3) is 0.235. The number of imide groups is 1. The van der Waals surface area contributed by atoms with Crippen LogP contribution in [0.25, 0.3) is 10.8 Å². The zero-order valence-corrected chi connectivity index (χ0v) is 25.3. The normalized spacial score (nSPS) is 24.7. The van der Waals surface area contributed by atoms with Crippen LogP contribution in [0.4, 0.5) is 32.0 Å². The van der Waals surface area contributed by atoms with Crippen molar-refractivity contribution in [1.82, 2.24) is 0 Å². The standard InChI is InChI=1S/C34H20BrF6NO5/c35-24-13-26(44)29-23(30(24)45)12-22-20(27(29)19-7-8-25(43)18-4-2-1-3-17(18)19)5-6-21-28(22)32(47)42(31(21)46)16-10-14(33(36,37)38)9-15(11-16)34(39,40)41/h1-5,7-11,13,21-22,27-28,43H,6,12H2/t21-,22+,27-,28-/m0/s1. The molecule has 4 atom stereocenters. The molecule has 1 N–H and O–H groups in total. The summed E-state index contributed by atoms with van der Waals surface area (Å²) in [5.74, 6) is -7.13. The summed E-state index contributed by atoms with van der Waals surface area (Å²) in [5.41, 5.74) is -2.89. The van der Waals surface area contributed by atoms with E-state index in [9.17, 15) is 50.6 Å². The van der Waals surface area contributed by atoms with Gasteiger partial charge in [0.1, 0.15) is 5.75 Å². The number of anilines is 1. The molecule has 0 spiro atoms. The number of carbonyl (C=O) groups is 4. The van der Waals surface area contributed by atoms with Crippen LogP contribution in [0.15, 0.2) is 88.0 Å². The first-order chi connectivity index (χ1) is 22.1. The Morgan fingerprint density at radius 2 is 1.45 bits per heavy atom. The van der Waals surface area contributed by atoms with Gasteiger partial charge in [-0.05, 0) is 69.9 Å². The summed E-state index contributed by atoms with van der Waals surface area (Å²) in [7, 11) is 0. The zero-order chi connectivity index (χ0) is 33.7. The molecular formula is C34H20BrF6NO5.